The van der Waals surface area contributed by atoms with E-state index in [-0.39, 0.29) is 12.1 Å². The predicted molar refractivity (Wildman–Crippen MR) is 61.5 cm³/mol. The van der Waals surface area contributed by atoms with Crippen molar-refractivity contribution in [1.29, 1.82) is 0 Å². The van der Waals surface area contributed by atoms with E-state index in [0.717, 1.165) is 12.1 Å². The van der Waals surface area contributed by atoms with Crippen molar-refractivity contribution < 1.29 is 5.11 Å². The van der Waals surface area contributed by atoms with Crippen LogP contribution < -0.4 is 5.32 Å². The molecule has 0 amide bonds. The monoisotopic (exact) mass is 208 g/mol. The minimum Gasteiger partial charge on any atom is -0.394 e. The van der Waals surface area contributed by atoms with E-state index < -0.39 is 0 Å². The molecule has 1 atom stereocenters. The third kappa shape index (κ3) is 3.29. The molecule has 0 radical (unpaired) electrons. The highest BCUT2D eigenvalue weighted by Crippen LogP contribution is 2.19. The second-order valence-electron chi connectivity index (χ2n) is 4.50. The molecule has 1 heterocycles. The molecule has 0 aliphatic heterocycles. The van der Waals surface area contributed by atoms with Crippen molar-refractivity contribution in [3.63, 3.8) is 0 Å². The fourth-order valence-electron chi connectivity index (χ4n) is 1.40. The standard InChI is InChI=1S/C12H20N2O/c1-10(2)8-14-12(3,9-15)11-4-6-13-7-5-11/h4-7,10,14-15H,8-9H2,1-3H3. The average molecular weight is 208 g/mol. The Balaban J connectivity index is 2.76. The summed E-state index contributed by atoms with van der Waals surface area (Å²) in [4.78, 5) is 3.98. The number of rotatable bonds is 5. The van der Waals surface area contributed by atoms with Crippen molar-refractivity contribution in [3.05, 3.63) is 30.1 Å². The van der Waals surface area contributed by atoms with Gasteiger partial charge in [-0.15, -0.1) is 0 Å². The summed E-state index contributed by atoms with van der Waals surface area (Å²) < 4.78 is 0. The van der Waals surface area contributed by atoms with Crippen LogP contribution in [0.5, 0.6) is 0 Å². The number of nitrogens with one attached hydrogen (secondary N) is 1. The van der Waals surface area contributed by atoms with Gasteiger partial charge in [-0.3, -0.25) is 4.98 Å². The average Bonchev–Trinajstić information content (AvgIpc) is 2.27. The molecule has 0 aromatic carbocycles. The van der Waals surface area contributed by atoms with Crippen LogP contribution in [0, 0.1) is 5.92 Å². The van der Waals surface area contributed by atoms with E-state index in [0.29, 0.717) is 5.92 Å². The number of nitrogens with zero attached hydrogens (tertiary/aromatic N) is 1. The summed E-state index contributed by atoms with van der Waals surface area (Å²) in [6, 6.07) is 3.87. The molecule has 15 heavy (non-hydrogen) atoms. The molecular formula is C12H20N2O. The van der Waals surface area contributed by atoms with Crippen molar-refractivity contribution in [2.75, 3.05) is 13.2 Å². The molecular weight excluding hydrogens is 188 g/mol. The topological polar surface area (TPSA) is 45.1 Å². The third-order valence-electron chi connectivity index (χ3n) is 2.53. The molecule has 1 aromatic rings. The largest absolute Gasteiger partial charge is 0.394 e. The number of hydrogen-bond donors (Lipinski definition) is 2. The van der Waals surface area contributed by atoms with Gasteiger partial charge in [0.15, 0.2) is 0 Å². The summed E-state index contributed by atoms with van der Waals surface area (Å²) in [5.41, 5.74) is 0.702. The van der Waals surface area contributed by atoms with E-state index >= 15 is 0 Å². The van der Waals surface area contributed by atoms with Crippen molar-refractivity contribution in [2.45, 2.75) is 26.3 Å². The van der Waals surface area contributed by atoms with E-state index in [1.54, 1.807) is 12.4 Å². The predicted octanol–water partition coefficient (Wildman–Crippen LogP) is 1.53. The number of aromatic nitrogens is 1. The lowest BCUT2D eigenvalue weighted by Gasteiger charge is -2.30. The van der Waals surface area contributed by atoms with Crippen LogP contribution in [0.4, 0.5) is 0 Å². The second kappa shape index (κ2) is 5.24. The SMILES string of the molecule is CC(C)CNC(C)(CO)c1ccncc1. The zero-order valence-electron chi connectivity index (χ0n) is 9.70. The Morgan fingerprint density at radius 2 is 2.00 bits per heavy atom. The molecule has 1 unspecified atom stereocenters. The minimum atomic E-state index is -0.368. The summed E-state index contributed by atoms with van der Waals surface area (Å²) in [5, 5.41) is 12.9. The third-order valence-corrected chi connectivity index (χ3v) is 2.53. The number of aliphatic hydroxyl groups excluding tert-OH is 1. The smallest absolute Gasteiger partial charge is 0.0652 e. The molecule has 1 rings (SSSR count). The van der Waals surface area contributed by atoms with Crippen LogP contribution >= 0.6 is 0 Å². The molecule has 0 fully saturated rings. The van der Waals surface area contributed by atoms with E-state index in [9.17, 15) is 5.11 Å². The molecule has 1 aromatic heterocycles. The molecule has 0 aliphatic rings. The normalized spacial score (nSPS) is 15.3. The minimum absolute atomic E-state index is 0.0870. The van der Waals surface area contributed by atoms with E-state index in [2.05, 4.69) is 24.1 Å². The molecule has 0 saturated carbocycles. The van der Waals surface area contributed by atoms with E-state index in [1.807, 2.05) is 19.1 Å². The Hall–Kier alpha value is -0.930. The lowest BCUT2D eigenvalue weighted by Crippen LogP contribution is -2.44. The van der Waals surface area contributed by atoms with Crippen LogP contribution in [0.15, 0.2) is 24.5 Å². The van der Waals surface area contributed by atoms with Crippen LogP contribution in [-0.4, -0.2) is 23.2 Å². The van der Waals surface area contributed by atoms with Crippen LogP contribution in [0.25, 0.3) is 0 Å². The molecule has 2 N–H and O–H groups in total. The van der Waals surface area contributed by atoms with Gasteiger partial charge >= 0.3 is 0 Å². The molecule has 0 aliphatic carbocycles. The van der Waals surface area contributed by atoms with Crippen molar-refractivity contribution in [3.8, 4) is 0 Å². The first-order valence-electron chi connectivity index (χ1n) is 5.35. The molecule has 3 nitrogen and oxygen atoms in total. The van der Waals surface area contributed by atoms with Gasteiger partial charge < -0.3 is 10.4 Å². The van der Waals surface area contributed by atoms with E-state index in [4.69, 9.17) is 0 Å². The van der Waals surface area contributed by atoms with Crippen LogP contribution in [0.2, 0.25) is 0 Å². The summed E-state index contributed by atoms with van der Waals surface area (Å²) >= 11 is 0. The fourth-order valence-corrected chi connectivity index (χ4v) is 1.40. The maximum absolute atomic E-state index is 9.47. The summed E-state index contributed by atoms with van der Waals surface area (Å²) in [6.07, 6.45) is 3.50. The second-order valence-corrected chi connectivity index (χ2v) is 4.50. The summed E-state index contributed by atoms with van der Waals surface area (Å²) in [7, 11) is 0. The maximum atomic E-state index is 9.47. The number of hydrogen-bond acceptors (Lipinski definition) is 3. The highest BCUT2D eigenvalue weighted by Gasteiger charge is 2.24. The summed E-state index contributed by atoms with van der Waals surface area (Å²) in [6.45, 7) is 7.28. The van der Waals surface area contributed by atoms with Crippen molar-refractivity contribution in [1.82, 2.24) is 10.3 Å². The highest BCUT2D eigenvalue weighted by molar-refractivity contribution is 5.20. The van der Waals surface area contributed by atoms with Crippen molar-refractivity contribution >= 4 is 0 Å². The maximum Gasteiger partial charge on any atom is 0.0652 e. The van der Waals surface area contributed by atoms with Crippen LogP contribution in [0.1, 0.15) is 26.3 Å². The Morgan fingerprint density at radius 1 is 1.40 bits per heavy atom. The van der Waals surface area contributed by atoms with E-state index in [1.165, 1.54) is 0 Å². The van der Waals surface area contributed by atoms with Crippen molar-refractivity contribution in [2.24, 2.45) is 5.92 Å². The zero-order chi connectivity index (χ0) is 11.3. The first-order valence-corrected chi connectivity index (χ1v) is 5.35. The number of aliphatic hydroxyl groups is 1. The van der Waals surface area contributed by atoms with Gasteiger partial charge in [0.1, 0.15) is 0 Å². The van der Waals surface area contributed by atoms with Crippen LogP contribution in [0.3, 0.4) is 0 Å². The van der Waals surface area contributed by atoms with Gasteiger partial charge in [0.05, 0.1) is 12.1 Å². The lowest BCUT2D eigenvalue weighted by atomic mass is 9.93. The lowest BCUT2D eigenvalue weighted by molar-refractivity contribution is 0.171. The Morgan fingerprint density at radius 3 is 2.47 bits per heavy atom. The van der Waals surface area contributed by atoms with Gasteiger partial charge in [0.25, 0.3) is 0 Å². The first kappa shape index (κ1) is 12.1. The van der Waals surface area contributed by atoms with Crippen LogP contribution in [-0.2, 0) is 5.54 Å². The van der Waals surface area contributed by atoms with Gasteiger partial charge in [-0.05, 0) is 37.1 Å². The van der Waals surface area contributed by atoms with Gasteiger partial charge in [-0.1, -0.05) is 13.8 Å². The molecule has 0 bridgehead atoms. The van der Waals surface area contributed by atoms with Gasteiger partial charge in [-0.25, -0.2) is 0 Å². The fraction of sp³-hybridized carbons (Fsp3) is 0.583. The van der Waals surface area contributed by atoms with Gasteiger partial charge in [0, 0.05) is 12.4 Å². The molecule has 3 heteroatoms. The highest BCUT2D eigenvalue weighted by atomic mass is 16.3. The van der Waals surface area contributed by atoms with Gasteiger partial charge in [0.2, 0.25) is 0 Å². The molecule has 84 valence electrons. The Labute approximate surface area is 91.5 Å². The zero-order valence-corrected chi connectivity index (χ0v) is 9.70. The Bertz CT molecular complexity index is 287. The first-order chi connectivity index (χ1) is 7.08. The Kier molecular flexibility index (Phi) is 4.24. The molecule has 0 spiro atoms. The number of pyridine rings is 1. The summed E-state index contributed by atoms with van der Waals surface area (Å²) in [5.74, 6) is 0.567. The molecule has 0 saturated heterocycles. The quantitative estimate of drug-likeness (QED) is 0.771. The van der Waals surface area contributed by atoms with Gasteiger partial charge in [-0.2, -0.15) is 0 Å².